The maximum atomic E-state index is 6.10. The highest BCUT2D eigenvalue weighted by molar-refractivity contribution is 5.46. The second kappa shape index (κ2) is 9.07. The van der Waals surface area contributed by atoms with E-state index < -0.39 is 0 Å². The molecule has 0 spiro atoms. The lowest BCUT2D eigenvalue weighted by atomic mass is 10.1. The van der Waals surface area contributed by atoms with Crippen LogP contribution in [-0.4, -0.2) is 7.11 Å². The summed E-state index contributed by atoms with van der Waals surface area (Å²) in [6.45, 7) is 4.15. The summed E-state index contributed by atoms with van der Waals surface area (Å²) >= 11 is 0. The highest BCUT2D eigenvalue weighted by atomic mass is 16.5. The first-order chi connectivity index (χ1) is 12.8. The number of methoxy groups -OCH3 is 1. The van der Waals surface area contributed by atoms with Crippen molar-refractivity contribution in [2.75, 3.05) is 7.11 Å². The molecule has 0 aliphatic heterocycles. The molecule has 3 rings (SSSR count). The minimum absolute atomic E-state index is 0.520. The van der Waals surface area contributed by atoms with E-state index in [2.05, 4.69) is 54.7 Å². The summed E-state index contributed by atoms with van der Waals surface area (Å²) in [7, 11) is 1.67. The van der Waals surface area contributed by atoms with Crippen molar-refractivity contribution in [1.82, 2.24) is 5.32 Å². The van der Waals surface area contributed by atoms with Gasteiger partial charge in [0.25, 0.3) is 0 Å². The largest absolute Gasteiger partial charge is 0.493 e. The highest BCUT2D eigenvalue weighted by Gasteiger charge is 2.10. The molecule has 0 heterocycles. The normalized spacial score (nSPS) is 10.5. The number of benzene rings is 3. The van der Waals surface area contributed by atoms with Crippen molar-refractivity contribution >= 4 is 0 Å². The third-order valence-corrected chi connectivity index (χ3v) is 4.27. The zero-order chi connectivity index (χ0) is 18.2. The number of hydrogen-bond acceptors (Lipinski definition) is 3. The number of rotatable bonds is 8. The number of para-hydroxylation sites is 1. The zero-order valence-corrected chi connectivity index (χ0v) is 15.4. The predicted octanol–water partition coefficient (Wildman–Crippen LogP) is 4.87. The van der Waals surface area contributed by atoms with E-state index in [0.717, 1.165) is 35.7 Å². The van der Waals surface area contributed by atoms with Gasteiger partial charge in [0.15, 0.2) is 11.5 Å². The average Bonchev–Trinajstić information content (AvgIpc) is 2.69. The second-order valence-corrected chi connectivity index (χ2v) is 6.31. The van der Waals surface area contributed by atoms with Crippen LogP contribution in [0.2, 0.25) is 0 Å². The molecule has 3 nitrogen and oxygen atoms in total. The van der Waals surface area contributed by atoms with Crippen LogP contribution in [0.1, 0.15) is 22.3 Å². The van der Waals surface area contributed by atoms with Crippen LogP contribution in [0.4, 0.5) is 0 Å². The molecule has 0 aliphatic carbocycles. The Morgan fingerprint density at radius 3 is 2.27 bits per heavy atom. The van der Waals surface area contributed by atoms with Crippen LogP contribution in [0.25, 0.3) is 0 Å². The first kappa shape index (κ1) is 18.0. The molecule has 0 fully saturated rings. The summed E-state index contributed by atoms with van der Waals surface area (Å²) in [4.78, 5) is 0. The molecule has 3 aromatic carbocycles. The third kappa shape index (κ3) is 4.87. The van der Waals surface area contributed by atoms with Gasteiger partial charge in [-0.1, -0.05) is 72.3 Å². The lowest BCUT2D eigenvalue weighted by Crippen LogP contribution is -2.14. The molecule has 0 saturated heterocycles. The molecule has 0 saturated carbocycles. The lowest BCUT2D eigenvalue weighted by molar-refractivity contribution is 0.280. The monoisotopic (exact) mass is 347 g/mol. The van der Waals surface area contributed by atoms with E-state index in [4.69, 9.17) is 9.47 Å². The van der Waals surface area contributed by atoms with Crippen LogP contribution in [0.15, 0.2) is 72.8 Å². The van der Waals surface area contributed by atoms with Crippen molar-refractivity contribution in [3.63, 3.8) is 0 Å². The van der Waals surface area contributed by atoms with Crippen LogP contribution >= 0.6 is 0 Å². The highest BCUT2D eigenvalue weighted by Crippen LogP contribution is 2.31. The molecule has 0 amide bonds. The number of hydrogen-bond donors (Lipinski definition) is 1. The van der Waals surface area contributed by atoms with Crippen molar-refractivity contribution < 1.29 is 9.47 Å². The first-order valence-electron chi connectivity index (χ1n) is 8.85. The van der Waals surface area contributed by atoms with E-state index in [1.54, 1.807) is 7.11 Å². The minimum atomic E-state index is 0.520. The van der Waals surface area contributed by atoms with Gasteiger partial charge in [0.2, 0.25) is 0 Å². The second-order valence-electron chi connectivity index (χ2n) is 6.31. The Morgan fingerprint density at radius 1 is 0.769 bits per heavy atom. The van der Waals surface area contributed by atoms with Crippen molar-refractivity contribution in [3.05, 3.63) is 95.1 Å². The maximum absolute atomic E-state index is 6.10. The summed E-state index contributed by atoms with van der Waals surface area (Å²) in [5.74, 6) is 1.56. The standard InChI is InChI=1S/C23H25NO2/c1-18-11-13-19(14-12-18)15-24-16-21-9-6-10-22(25-2)23(21)26-17-20-7-4-3-5-8-20/h3-14,24H,15-17H2,1-2H3. The molecule has 0 radical (unpaired) electrons. The van der Waals surface area contributed by atoms with Gasteiger partial charge in [-0.2, -0.15) is 0 Å². The molecule has 0 aliphatic rings. The number of aryl methyl sites for hydroxylation is 1. The Labute approximate surface area is 155 Å². The van der Waals surface area contributed by atoms with E-state index in [9.17, 15) is 0 Å². The maximum Gasteiger partial charge on any atom is 0.166 e. The van der Waals surface area contributed by atoms with E-state index >= 15 is 0 Å². The predicted molar refractivity (Wildman–Crippen MR) is 105 cm³/mol. The molecule has 134 valence electrons. The van der Waals surface area contributed by atoms with Crippen LogP contribution in [0.5, 0.6) is 11.5 Å². The molecule has 0 aromatic heterocycles. The van der Waals surface area contributed by atoms with Crippen LogP contribution in [0.3, 0.4) is 0 Å². The summed E-state index contributed by atoms with van der Waals surface area (Å²) in [5, 5.41) is 3.49. The van der Waals surface area contributed by atoms with Gasteiger partial charge in [-0.25, -0.2) is 0 Å². The summed E-state index contributed by atoms with van der Waals surface area (Å²) in [6, 6.07) is 24.7. The fraction of sp³-hybridized carbons (Fsp3) is 0.217. The van der Waals surface area contributed by atoms with Crippen molar-refractivity contribution in [2.45, 2.75) is 26.6 Å². The summed E-state index contributed by atoms with van der Waals surface area (Å²) in [5.41, 5.74) is 4.77. The topological polar surface area (TPSA) is 30.5 Å². The van der Waals surface area contributed by atoms with Crippen molar-refractivity contribution in [3.8, 4) is 11.5 Å². The van der Waals surface area contributed by atoms with Crippen molar-refractivity contribution in [1.29, 1.82) is 0 Å². The van der Waals surface area contributed by atoms with Crippen LogP contribution in [-0.2, 0) is 19.7 Å². The number of nitrogens with one attached hydrogen (secondary N) is 1. The van der Waals surface area contributed by atoms with Gasteiger partial charge < -0.3 is 14.8 Å². The first-order valence-corrected chi connectivity index (χ1v) is 8.85. The SMILES string of the molecule is COc1cccc(CNCc2ccc(C)cc2)c1OCc1ccccc1. The molecule has 0 unspecified atom stereocenters. The van der Waals surface area contributed by atoms with Gasteiger partial charge in [-0.3, -0.25) is 0 Å². The Balaban J connectivity index is 1.66. The molecule has 0 bridgehead atoms. The Morgan fingerprint density at radius 2 is 1.54 bits per heavy atom. The smallest absolute Gasteiger partial charge is 0.166 e. The van der Waals surface area contributed by atoms with Gasteiger partial charge in [0.1, 0.15) is 6.61 Å². The van der Waals surface area contributed by atoms with E-state index in [1.807, 2.05) is 30.3 Å². The van der Waals surface area contributed by atoms with Crippen molar-refractivity contribution in [2.24, 2.45) is 0 Å². The fourth-order valence-electron chi connectivity index (χ4n) is 2.80. The molecule has 3 heteroatoms. The molecule has 1 N–H and O–H groups in total. The minimum Gasteiger partial charge on any atom is -0.493 e. The lowest BCUT2D eigenvalue weighted by Gasteiger charge is -2.16. The molecule has 3 aromatic rings. The van der Waals surface area contributed by atoms with Gasteiger partial charge >= 0.3 is 0 Å². The summed E-state index contributed by atoms with van der Waals surface area (Å²) < 4.78 is 11.6. The van der Waals surface area contributed by atoms with Gasteiger partial charge in [0, 0.05) is 18.7 Å². The van der Waals surface area contributed by atoms with Crippen LogP contribution in [0, 0.1) is 6.92 Å². The van der Waals surface area contributed by atoms with Gasteiger partial charge in [-0.05, 0) is 24.1 Å². The Bertz CT molecular complexity index is 813. The summed E-state index contributed by atoms with van der Waals surface area (Å²) in [6.07, 6.45) is 0. The average molecular weight is 347 g/mol. The fourth-order valence-corrected chi connectivity index (χ4v) is 2.80. The van der Waals surface area contributed by atoms with Gasteiger partial charge in [-0.15, -0.1) is 0 Å². The Hall–Kier alpha value is -2.78. The van der Waals surface area contributed by atoms with Crippen LogP contribution < -0.4 is 14.8 Å². The quantitative estimate of drug-likeness (QED) is 0.630. The third-order valence-electron chi connectivity index (χ3n) is 4.27. The molecular weight excluding hydrogens is 322 g/mol. The van der Waals surface area contributed by atoms with E-state index in [1.165, 1.54) is 11.1 Å². The zero-order valence-electron chi connectivity index (χ0n) is 15.4. The van der Waals surface area contributed by atoms with E-state index in [0.29, 0.717) is 6.61 Å². The van der Waals surface area contributed by atoms with E-state index in [-0.39, 0.29) is 0 Å². The molecular formula is C23H25NO2. The molecule has 0 atom stereocenters. The van der Waals surface area contributed by atoms with Gasteiger partial charge in [0.05, 0.1) is 7.11 Å². The molecule has 26 heavy (non-hydrogen) atoms. The Kier molecular flexibility index (Phi) is 6.29. The number of ether oxygens (including phenoxy) is 2.